The van der Waals surface area contributed by atoms with Gasteiger partial charge in [-0.2, -0.15) is 0 Å². The third-order valence-corrected chi connectivity index (χ3v) is 4.08. The van der Waals surface area contributed by atoms with Crippen LogP contribution in [0.25, 0.3) is 0 Å². The maximum atomic E-state index is 12.3. The summed E-state index contributed by atoms with van der Waals surface area (Å²) in [4.78, 5) is 25.7. The van der Waals surface area contributed by atoms with Crippen LogP contribution in [-0.4, -0.2) is 42.1 Å². The van der Waals surface area contributed by atoms with Gasteiger partial charge in [0.2, 0.25) is 5.91 Å². The van der Waals surface area contributed by atoms with E-state index in [0.717, 1.165) is 29.9 Å². The Morgan fingerprint density at radius 2 is 2.19 bits per heavy atom. The Labute approximate surface area is 124 Å². The Bertz CT molecular complexity index is 504. The minimum absolute atomic E-state index is 0.0728. The molecule has 2 heterocycles. The molecule has 1 aromatic heterocycles. The third kappa shape index (κ3) is 3.62. The monoisotopic (exact) mass is 294 g/mol. The minimum atomic E-state index is -0.224. The standard InChI is InChI=1S/C15H22N2O4/c1-10-13(11(2)21-16-10)6-7-14(18)17-8-4-5-12(9-17)15(19)20-3/h12H,4-9H2,1-3H3/t12-/m0/s1. The van der Waals surface area contributed by atoms with Crippen LogP contribution in [0.4, 0.5) is 0 Å². The van der Waals surface area contributed by atoms with E-state index in [9.17, 15) is 9.59 Å². The molecule has 1 aliphatic heterocycles. The SMILES string of the molecule is COC(=O)[C@H]1CCCN(C(=O)CCc2c(C)noc2C)C1. The second kappa shape index (κ2) is 6.74. The number of rotatable bonds is 4. The number of carbonyl (C=O) groups is 2. The molecule has 116 valence electrons. The average Bonchev–Trinajstić information content (AvgIpc) is 2.83. The molecule has 0 aliphatic carbocycles. The van der Waals surface area contributed by atoms with Gasteiger partial charge >= 0.3 is 5.97 Å². The predicted octanol–water partition coefficient (Wildman–Crippen LogP) is 1.64. The lowest BCUT2D eigenvalue weighted by Gasteiger charge is -2.31. The van der Waals surface area contributed by atoms with E-state index >= 15 is 0 Å². The molecule has 6 heteroatoms. The zero-order chi connectivity index (χ0) is 15.4. The molecule has 6 nitrogen and oxygen atoms in total. The van der Waals surface area contributed by atoms with Gasteiger partial charge in [0.25, 0.3) is 0 Å². The summed E-state index contributed by atoms with van der Waals surface area (Å²) < 4.78 is 9.87. The summed E-state index contributed by atoms with van der Waals surface area (Å²) in [5, 5.41) is 3.89. The molecular formula is C15H22N2O4. The minimum Gasteiger partial charge on any atom is -0.469 e. The maximum absolute atomic E-state index is 12.3. The fraction of sp³-hybridized carbons (Fsp3) is 0.667. The first-order valence-electron chi connectivity index (χ1n) is 7.30. The topological polar surface area (TPSA) is 72.6 Å². The Morgan fingerprint density at radius 1 is 1.43 bits per heavy atom. The van der Waals surface area contributed by atoms with E-state index in [2.05, 4.69) is 5.16 Å². The lowest BCUT2D eigenvalue weighted by atomic mass is 9.97. The molecular weight excluding hydrogens is 272 g/mol. The number of piperidine rings is 1. The van der Waals surface area contributed by atoms with Crippen LogP contribution in [0, 0.1) is 19.8 Å². The van der Waals surface area contributed by atoms with Crippen LogP contribution in [0.15, 0.2) is 4.52 Å². The van der Waals surface area contributed by atoms with Crippen molar-refractivity contribution < 1.29 is 18.8 Å². The van der Waals surface area contributed by atoms with Crippen LogP contribution in [0.5, 0.6) is 0 Å². The lowest BCUT2D eigenvalue weighted by Crippen LogP contribution is -2.42. The Balaban J connectivity index is 1.90. The summed E-state index contributed by atoms with van der Waals surface area (Å²) in [7, 11) is 1.39. The lowest BCUT2D eigenvalue weighted by molar-refractivity contribution is -0.149. The molecule has 1 aromatic rings. The zero-order valence-corrected chi connectivity index (χ0v) is 12.8. The van der Waals surface area contributed by atoms with Gasteiger partial charge in [-0.3, -0.25) is 9.59 Å². The van der Waals surface area contributed by atoms with Gasteiger partial charge in [0.15, 0.2) is 0 Å². The number of amides is 1. The molecule has 1 atom stereocenters. The molecule has 0 spiro atoms. The summed E-state index contributed by atoms with van der Waals surface area (Å²) >= 11 is 0. The number of aromatic nitrogens is 1. The number of hydrogen-bond acceptors (Lipinski definition) is 5. The molecule has 0 radical (unpaired) electrons. The van der Waals surface area contributed by atoms with E-state index in [1.165, 1.54) is 7.11 Å². The van der Waals surface area contributed by atoms with E-state index in [1.54, 1.807) is 4.90 Å². The van der Waals surface area contributed by atoms with E-state index < -0.39 is 0 Å². The molecule has 21 heavy (non-hydrogen) atoms. The number of likely N-dealkylation sites (tertiary alicyclic amines) is 1. The van der Waals surface area contributed by atoms with Crippen molar-refractivity contribution in [2.45, 2.75) is 39.5 Å². The first-order chi connectivity index (χ1) is 10.0. The number of hydrogen-bond donors (Lipinski definition) is 0. The second-order valence-electron chi connectivity index (χ2n) is 5.50. The van der Waals surface area contributed by atoms with Crippen molar-refractivity contribution in [3.05, 3.63) is 17.0 Å². The molecule has 1 aliphatic rings. The summed E-state index contributed by atoms with van der Waals surface area (Å²) in [6.45, 7) is 4.92. The normalized spacial score (nSPS) is 18.6. The number of ether oxygens (including phenoxy) is 1. The van der Waals surface area contributed by atoms with Crippen molar-refractivity contribution >= 4 is 11.9 Å². The van der Waals surface area contributed by atoms with Gasteiger partial charge in [-0.1, -0.05) is 5.16 Å². The number of methoxy groups -OCH3 is 1. The van der Waals surface area contributed by atoms with Gasteiger partial charge in [0.1, 0.15) is 5.76 Å². The summed E-state index contributed by atoms with van der Waals surface area (Å²) in [5.41, 5.74) is 1.84. The first-order valence-corrected chi connectivity index (χ1v) is 7.30. The zero-order valence-electron chi connectivity index (χ0n) is 12.8. The molecule has 2 rings (SSSR count). The molecule has 0 N–H and O–H groups in total. The summed E-state index contributed by atoms with van der Waals surface area (Å²) in [6.07, 6.45) is 2.67. The Morgan fingerprint density at radius 3 is 2.81 bits per heavy atom. The van der Waals surface area contributed by atoms with Crippen molar-refractivity contribution in [1.82, 2.24) is 10.1 Å². The summed E-state index contributed by atoms with van der Waals surface area (Å²) in [5.74, 6) is 0.431. The van der Waals surface area contributed by atoms with Crippen LogP contribution in [0.1, 0.15) is 36.3 Å². The first kappa shape index (κ1) is 15.5. The number of aryl methyl sites for hydroxylation is 2. The van der Waals surface area contributed by atoms with Crippen molar-refractivity contribution in [3.63, 3.8) is 0 Å². The van der Waals surface area contributed by atoms with Crippen molar-refractivity contribution in [3.8, 4) is 0 Å². The van der Waals surface area contributed by atoms with Crippen LogP contribution in [-0.2, 0) is 20.7 Å². The van der Waals surface area contributed by atoms with E-state index in [0.29, 0.717) is 25.9 Å². The van der Waals surface area contributed by atoms with E-state index in [4.69, 9.17) is 9.26 Å². The molecule has 0 saturated carbocycles. The Kier molecular flexibility index (Phi) is 4.98. The second-order valence-corrected chi connectivity index (χ2v) is 5.50. The largest absolute Gasteiger partial charge is 0.469 e. The van der Waals surface area contributed by atoms with Crippen LogP contribution >= 0.6 is 0 Å². The van der Waals surface area contributed by atoms with Gasteiger partial charge in [-0.25, -0.2) is 0 Å². The molecule has 0 bridgehead atoms. The van der Waals surface area contributed by atoms with Crippen molar-refractivity contribution in [2.75, 3.05) is 20.2 Å². The smallest absolute Gasteiger partial charge is 0.310 e. The van der Waals surface area contributed by atoms with E-state index in [1.807, 2.05) is 13.8 Å². The average molecular weight is 294 g/mol. The highest BCUT2D eigenvalue weighted by Crippen LogP contribution is 2.20. The third-order valence-electron chi connectivity index (χ3n) is 4.08. The Hall–Kier alpha value is -1.85. The van der Waals surface area contributed by atoms with Gasteiger partial charge in [0.05, 0.1) is 18.7 Å². The van der Waals surface area contributed by atoms with Crippen LogP contribution in [0.2, 0.25) is 0 Å². The molecule has 1 saturated heterocycles. The molecule has 1 amide bonds. The highest BCUT2D eigenvalue weighted by molar-refractivity contribution is 5.78. The van der Waals surface area contributed by atoms with Crippen molar-refractivity contribution in [1.29, 1.82) is 0 Å². The fourth-order valence-corrected chi connectivity index (χ4v) is 2.81. The maximum Gasteiger partial charge on any atom is 0.310 e. The van der Waals surface area contributed by atoms with Crippen molar-refractivity contribution in [2.24, 2.45) is 5.92 Å². The predicted molar refractivity (Wildman–Crippen MR) is 75.6 cm³/mol. The molecule has 1 fully saturated rings. The van der Waals surface area contributed by atoms with Crippen LogP contribution in [0.3, 0.4) is 0 Å². The van der Waals surface area contributed by atoms with E-state index in [-0.39, 0.29) is 17.8 Å². The van der Waals surface area contributed by atoms with Gasteiger partial charge < -0.3 is 14.2 Å². The number of esters is 1. The molecule has 0 aromatic carbocycles. The number of nitrogens with zero attached hydrogens (tertiary/aromatic N) is 2. The van der Waals surface area contributed by atoms with Crippen LogP contribution < -0.4 is 0 Å². The van der Waals surface area contributed by atoms with Gasteiger partial charge in [-0.05, 0) is 33.1 Å². The highest BCUT2D eigenvalue weighted by Gasteiger charge is 2.28. The van der Waals surface area contributed by atoms with Gasteiger partial charge in [0, 0.05) is 25.1 Å². The summed E-state index contributed by atoms with van der Waals surface area (Å²) in [6, 6.07) is 0. The van der Waals surface area contributed by atoms with Gasteiger partial charge in [-0.15, -0.1) is 0 Å². The fourth-order valence-electron chi connectivity index (χ4n) is 2.81. The highest BCUT2D eigenvalue weighted by atomic mass is 16.5. The number of carbonyl (C=O) groups excluding carboxylic acids is 2. The quantitative estimate of drug-likeness (QED) is 0.789. The molecule has 0 unspecified atom stereocenters.